The summed E-state index contributed by atoms with van der Waals surface area (Å²) in [5.41, 5.74) is 2.73. The van der Waals surface area contributed by atoms with E-state index in [9.17, 15) is 0 Å². The highest BCUT2D eigenvalue weighted by Gasteiger charge is 2.18. The van der Waals surface area contributed by atoms with Gasteiger partial charge in [0.05, 0.1) is 6.61 Å². The van der Waals surface area contributed by atoms with Gasteiger partial charge in [0.25, 0.3) is 0 Å². The van der Waals surface area contributed by atoms with Gasteiger partial charge in [-0.3, -0.25) is 4.99 Å². The summed E-state index contributed by atoms with van der Waals surface area (Å²) in [6, 6.07) is 8.54. The molecule has 1 aromatic rings. The molecular weight excluding hydrogens is 274 g/mol. The van der Waals surface area contributed by atoms with Crippen molar-refractivity contribution < 1.29 is 4.74 Å². The van der Waals surface area contributed by atoms with Gasteiger partial charge in [0.15, 0.2) is 5.96 Å². The molecule has 4 nitrogen and oxygen atoms in total. The number of nitrogens with zero attached hydrogens (tertiary/aromatic N) is 2. The van der Waals surface area contributed by atoms with Crippen LogP contribution < -0.4 is 5.32 Å². The Labute approximate surface area is 134 Å². The molecule has 0 radical (unpaired) electrons. The summed E-state index contributed by atoms with van der Waals surface area (Å²) in [5, 5.41) is 3.39. The predicted octanol–water partition coefficient (Wildman–Crippen LogP) is 2.47. The van der Waals surface area contributed by atoms with Crippen molar-refractivity contribution in [2.24, 2.45) is 10.9 Å². The zero-order valence-corrected chi connectivity index (χ0v) is 14.1. The smallest absolute Gasteiger partial charge is 0.193 e. The van der Waals surface area contributed by atoms with Crippen molar-refractivity contribution >= 4 is 5.96 Å². The molecule has 0 bridgehead atoms. The minimum absolute atomic E-state index is 0.630. The van der Waals surface area contributed by atoms with Crippen molar-refractivity contribution in [3.63, 3.8) is 0 Å². The summed E-state index contributed by atoms with van der Waals surface area (Å²) >= 11 is 0. The number of aryl methyl sites for hydroxylation is 1. The van der Waals surface area contributed by atoms with E-state index in [1.54, 1.807) is 0 Å². The Balaban J connectivity index is 1.89. The first-order valence-electron chi connectivity index (χ1n) is 8.32. The molecule has 2 rings (SSSR count). The fraction of sp³-hybridized carbons (Fsp3) is 0.611. The molecule has 1 unspecified atom stereocenters. The Morgan fingerprint density at radius 3 is 2.91 bits per heavy atom. The molecule has 1 N–H and O–H groups in total. The van der Waals surface area contributed by atoms with Gasteiger partial charge < -0.3 is 15.0 Å². The van der Waals surface area contributed by atoms with E-state index >= 15 is 0 Å². The number of benzene rings is 1. The number of nitrogens with one attached hydrogen (secondary N) is 1. The van der Waals surface area contributed by atoms with Gasteiger partial charge in [-0.15, -0.1) is 0 Å². The molecule has 0 spiro atoms. The third kappa shape index (κ3) is 5.02. The van der Waals surface area contributed by atoms with Gasteiger partial charge in [-0.1, -0.05) is 24.3 Å². The van der Waals surface area contributed by atoms with E-state index < -0.39 is 0 Å². The molecule has 0 aliphatic carbocycles. The van der Waals surface area contributed by atoms with Crippen LogP contribution in [0.15, 0.2) is 29.3 Å². The van der Waals surface area contributed by atoms with Crippen molar-refractivity contribution in [1.82, 2.24) is 10.2 Å². The first-order chi connectivity index (χ1) is 10.7. The van der Waals surface area contributed by atoms with E-state index in [0.29, 0.717) is 5.92 Å². The molecule has 1 atom stereocenters. The van der Waals surface area contributed by atoms with Crippen LogP contribution in [0.4, 0.5) is 0 Å². The average Bonchev–Trinajstić information content (AvgIpc) is 3.01. The Hall–Kier alpha value is -1.55. The van der Waals surface area contributed by atoms with E-state index in [4.69, 9.17) is 9.73 Å². The number of guanidine groups is 1. The largest absolute Gasteiger partial charge is 0.381 e. The summed E-state index contributed by atoms with van der Waals surface area (Å²) in [4.78, 5) is 7.02. The van der Waals surface area contributed by atoms with Crippen LogP contribution in [0, 0.1) is 12.8 Å². The standard InChI is InChI=1S/C18H29N3O/c1-4-19-18(21(3)13-16-10-12-22-14-16)20-11-9-17-8-6-5-7-15(17)2/h5-8,16H,4,9-14H2,1-3H3,(H,19,20). The lowest BCUT2D eigenvalue weighted by Crippen LogP contribution is -2.41. The second kappa shape index (κ2) is 8.79. The lowest BCUT2D eigenvalue weighted by molar-refractivity contribution is 0.181. The maximum atomic E-state index is 5.46. The van der Waals surface area contributed by atoms with Crippen LogP contribution in [0.2, 0.25) is 0 Å². The minimum atomic E-state index is 0.630. The van der Waals surface area contributed by atoms with E-state index in [2.05, 4.69) is 55.4 Å². The highest BCUT2D eigenvalue weighted by molar-refractivity contribution is 5.79. The molecule has 122 valence electrons. The van der Waals surface area contributed by atoms with Crippen molar-refractivity contribution in [1.29, 1.82) is 0 Å². The minimum Gasteiger partial charge on any atom is -0.381 e. The molecule has 0 saturated carbocycles. The third-order valence-corrected chi connectivity index (χ3v) is 4.16. The van der Waals surface area contributed by atoms with Crippen molar-refractivity contribution in [3.8, 4) is 0 Å². The van der Waals surface area contributed by atoms with E-state index in [-0.39, 0.29) is 0 Å². The Morgan fingerprint density at radius 1 is 1.41 bits per heavy atom. The van der Waals surface area contributed by atoms with Gasteiger partial charge in [-0.2, -0.15) is 0 Å². The molecule has 22 heavy (non-hydrogen) atoms. The molecule has 0 amide bonds. The fourth-order valence-corrected chi connectivity index (χ4v) is 2.84. The summed E-state index contributed by atoms with van der Waals surface area (Å²) in [6.07, 6.45) is 2.15. The SMILES string of the molecule is CCNC(=NCCc1ccccc1C)N(C)CC1CCOC1. The number of aliphatic imine (C=N–C) groups is 1. The molecular formula is C18H29N3O. The van der Waals surface area contributed by atoms with Gasteiger partial charge in [0.2, 0.25) is 0 Å². The molecule has 1 aliphatic rings. The summed E-state index contributed by atoms with van der Waals surface area (Å²) in [5.74, 6) is 1.63. The van der Waals surface area contributed by atoms with Crippen LogP contribution in [-0.2, 0) is 11.2 Å². The number of rotatable bonds is 6. The highest BCUT2D eigenvalue weighted by atomic mass is 16.5. The van der Waals surface area contributed by atoms with Crippen LogP contribution >= 0.6 is 0 Å². The Kier molecular flexibility index (Phi) is 6.72. The van der Waals surface area contributed by atoms with Crippen LogP contribution in [0.25, 0.3) is 0 Å². The fourth-order valence-electron chi connectivity index (χ4n) is 2.84. The lowest BCUT2D eigenvalue weighted by Gasteiger charge is -2.24. The van der Waals surface area contributed by atoms with Gasteiger partial charge in [-0.05, 0) is 37.8 Å². The van der Waals surface area contributed by atoms with Crippen LogP contribution in [-0.4, -0.2) is 50.8 Å². The first-order valence-corrected chi connectivity index (χ1v) is 8.32. The molecule has 4 heteroatoms. The van der Waals surface area contributed by atoms with Crippen molar-refractivity contribution in [2.45, 2.75) is 26.7 Å². The quantitative estimate of drug-likeness (QED) is 0.648. The third-order valence-electron chi connectivity index (χ3n) is 4.16. The van der Waals surface area contributed by atoms with E-state index in [1.165, 1.54) is 11.1 Å². The zero-order chi connectivity index (χ0) is 15.8. The van der Waals surface area contributed by atoms with Crippen molar-refractivity contribution in [2.75, 3.05) is 39.9 Å². The number of hydrogen-bond donors (Lipinski definition) is 1. The maximum absolute atomic E-state index is 5.46. The van der Waals surface area contributed by atoms with Crippen LogP contribution in [0.3, 0.4) is 0 Å². The summed E-state index contributed by atoms with van der Waals surface area (Å²) in [6.45, 7) is 8.79. The molecule has 1 aliphatic heterocycles. The molecule has 1 saturated heterocycles. The second-order valence-electron chi connectivity index (χ2n) is 6.02. The molecule has 1 heterocycles. The monoisotopic (exact) mass is 303 g/mol. The molecule has 1 aromatic carbocycles. The van der Waals surface area contributed by atoms with Crippen LogP contribution in [0.1, 0.15) is 24.5 Å². The summed E-state index contributed by atoms with van der Waals surface area (Å²) in [7, 11) is 2.12. The topological polar surface area (TPSA) is 36.9 Å². The second-order valence-corrected chi connectivity index (χ2v) is 6.02. The average molecular weight is 303 g/mol. The van der Waals surface area contributed by atoms with E-state index in [0.717, 1.165) is 51.6 Å². The lowest BCUT2D eigenvalue weighted by atomic mass is 10.1. The van der Waals surface area contributed by atoms with Gasteiger partial charge >= 0.3 is 0 Å². The number of hydrogen-bond acceptors (Lipinski definition) is 2. The zero-order valence-electron chi connectivity index (χ0n) is 14.1. The Morgan fingerprint density at radius 2 is 2.23 bits per heavy atom. The first kappa shape index (κ1) is 16.8. The number of ether oxygens (including phenoxy) is 1. The highest BCUT2D eigenvalue weighted by Crippen LogP contribution is 2.13. The molecule has 1 fully saturated rings. The van der Waals surface area contributed by atoms with Crippen molar-refractivity contribution in [3.05, 3.63) is 35.4 Å². The van der Waals surface area contributed by atoms with Gasteiger partial charge in [0.1, 0.15) is 0 Å². The van der Waals surface area contributed by atoms with Gasteiger partial charge in [0, 0.05) is 39.2 Å². The van der Waals surface area contributed by atoms with Gasteiger partial charge in [-0.25, -0.2) is 0 Å². The normalized spacial score (nSPS) is 18.5. The predicted molar refractivity (Wildman–Crippen MR) is 92.4 cm³/mol. The Bertz CT molecular complexity index is 481. The summed E-state index contributed by atoms with van der Waals surface area (Å²) < 4.78 is 5.46. The van der Waals surface area contributed by atoms with E-state index in [1.807, 2.05) is 0 Å². The van der Waals surface area contributed by atoms with Crippen LogP contribution in [0.5, 0.6) is 0 Å². The maximum Gasteiger partial charge on any atom is 0.193 e. The molecule has 0 aromatic heterocycles.